The summed E-state index contributed by atoms with van der Waals surface area (Å²) in [6.07, 6.45) is 8.18. The summed E-state index contributed by atoms with van der Waals surface area (Å²) < 4.78 is 0.372. The van der Waals surface area contributed by atoms with E-state index in [1.165, 1.54) is 0 Å². The SMILES string of the molecule is CCC=CC1(NC(=S)S)N=CC=C1Cl. The predicted molar refractivity (Wildman–Crippen MR) is 69.3 cm³/mol. The van der Waals surface area contributed by atoms with Gasteiger partial charge in [0.25, 0.3) is 0 Å². The molecular formula is C9H11ClN2S2. The number of hydrogen-bond acceptors (Lipinski definition) is 2. The van der Waals surface area contributed by atoms with Crippen molar-refractivity contribution in [3.8, 4) is 0 Å². The summed E-state index contributed by atoms with van der Waals surface area (Å²) >= 11 is 14.9. The van der Waals surface area contributed by atoms with Crippen LogP contribution in [0.2, 0.25) is 0 Å². The Labute approximate surface area is 99.5 Å². The minimum absolute atomic E-state index is 0.372. The zero-order valence-corrected chi connectivity index (χ0v) is 10.2. The van der Waals surface area contributed by atoms with E-state index in [-0.39, 0.29) is 0 Å². The third kappa shape index (κ3) is 2.59. The van der Waals surface area contributed by atoms with Gasteiger partial charge < -0.3 is 5.32 Å². The van der Waals surface area contributed by atoms with E-state index in [9.17, 15) is 0 Å². The number of rotatable bonds is 3. The van der Waals surface area contributed by atoms with Crippen LogP contribution in [0.3, 0.4) is 0 Å². The van der Waals surface area contributed by atoms with Crippen molar-refractivity contribution in [2.24, 2.45) is 4.99 Å². The molecule has 0 aromatic rings. The predicted octanol–water partition coefficient (Wildman–Crippen LogP) is 2.66. The Bertz CT molecular complexity index is 323. The molecule has 1 unspecified atom stereocenters. The second-order valence-electron chi connectivity index (χ2n) is 2.80. The molecule has 1 heterocycles. The van der Waals surface area contributed by atoms with Gasteiger partial charge in [0, 0.05) is 6.21 Å². The first kappa shape index (κ1) is 11.8. The Morgan fingerprint density at radius 3 is 3.00 bits per heavy atom. The summed E-state index contributed by atoms with van der Waals surface area (Å²) in [6.45, 7) is 2.04. The maximum absolute atomic E-state index is 6.04. The fourth-order valence-electron chi connectivity index (χ4n) is 1.12. The van der Waals surface area contributed by atoms with E-state index in [4.69, 9.17) is 23.8 Å². The minimum Gasteiger partial charge on any atom is -0.339 e. The molecule has 0 aromatic carbocycles. The molecule has 0 radical (unpaired) electrons. The van der Waals surface area contributed by atoms with E-state index in [0.717, 1.165) is 6.42 Å². The largest absolute Gasteiger partial charge is 0.339 e. The Morgan fingerprint density at radius 2 is 2.57 bits per heavy atom. The first-order valence-electron chi connectivity index (χ1n) is 4.21. The molecule has 1 rings (SSSR count). The number of allylic oxidation sites excluding steroid dienone is 2. The second-order valence-corrected chi connectivity index (χ2v) is 4.37. The number of halogens is 1. The zero-order valence-electron chi connectivity index (χ0n) is 7.70. The molecule has 5 heteroatoms. The Balaban J connectivity index is 2.91. The molecule has 0 aromatic heterocycles. The number of hydrogen-bond donors (Lipinski definition) is 2. The van der Waals surface area contributed by atoms with Crippen molar-refractivity contribution in [3.63, 3.8) is 0 Å². The van der Waals surface area contributed by atoms with Crippen LogP contribution < -0.4 is 5.32 Å². The lowest BCUT2D eigenvalue weighted by molar-refractivity contribution is 0.622. The van der Waals surface area contributed by atoms with Crippen molar-refractivity contribution in [1.82, 2.24) is 5.32 Å². The Morgan fingerprint density at radius 1 is 1.86 bits per heavy atom. The Kier molecular flexibility index (Phi) is 4.16. The Hall–Kier alpha value is -0.320. The standard InChI is InChI=1S/C9H11ClN2S2/c1-2-3-5-9(12-8(13)14)7(10)4-6-11-9/h3-6H,2H2,1H3,(H2,12,13,14). The van der Waals surface area contributed by atoms with Crippen LogP contribution in [0.4, 0.5) is 0 Å². The molecular weight excluding hydrogens is 236 g/mol. The van der Waals surface area contributed by atoms with Gasteiger partial charge in [0.05, 0.1) is 5.03 Å². The fourth-order valence-corrected chi connectivity index (χ4v) is 1.66. The van der Waals surface area contributed by atoms with Gasteiger partial charge in [0.2, 0.25) is 0 Å². The summed E-state index contributed by atoms with van der Waals surface area (Å²) in [5.41, 5.74) is -0.726. The van der Waals surface area contributed by atoms with Gasteiger partial charge in [-0.15, -0.1) is 12.6 Å². The molecule has 0 saturated carbocycles. The first-order valence-corrected chi connectivity index (χ1v) is 5.44. The monoisotopic (exact) mass is 246 g/mol. The van der Waals surface area contributed by atoms with Crippen LogP contribution in [-0.2, 0) is 0 Å². The van der Waals surface area contributed by atoms with E-state index in [1.54, 1.807) is 12.3 Å². The van der Waals surface area contributed by atoms with Gasteiger partial charge in [-0.25, -0.2) is 0 Å². The van der Waals surface area contributed by atoms with Crippen molar-refractivity contribution < 1.29 is 0 Å². The molecule has 0 spiro atoms. The van der Waals surface area contributed by atoms with Crippen molar-refractivity contribution in [3.05, 3.63) is 23.3 Å². The lowest BCUT2D eigenvalue weighted by atomic mass is 10.1. The van der Waals surface area contributed by atoms with Gasteiger partial charge >= 0.3 is 0 Å². The quantitative estimate of drug-likeness (QED) is 0.455. The van der Waals surface area contributed by atoms with E-state index in [1.807, 2.05) is 19.1 Å². The van der Waals surface area contributed by atoms with Crippen molar-refractivity contribution in [2.75, 3.05) is 0 Å². The van der Waals surface area contributed by atoms with Crippen molar-refractivity contribution in [2.45, 2.75) is 19.0 Å². The molecule has 2 nitrogen and oxygen atoms in total. The fraction of sp³-hybridized carbons (Fsp3) is 0.333. The van der Waals surface area contributed by atoms with Gasteiger partial charge in [-0.05, 0) is 18.6 Å². The summed E-state index contributed by atoms with van der Waals surface area (Å²) in [6, 6.07) is 0. The average molecular weight is 247 g/mol. The van der Waals surface area contributed by atoms with Crippen LogP contribution in [0.25, 0.3) is 0 Å². The highest BCUT2D eigenvalue weighted by molar-refractivity contribution is 8.11. The molecule has 14 heavy (non-hydrogen) atoms. The highest BCUT2D eigenvalue weighted by Gasteiger charge is 2.32. The normalized spacial score (nSPS) is 25.5. The zero-order chi connectivity index (χ0) is 10.6. The maximum atomic E-state index is 6.04. The molecule has 1 aliphatic rings. The molecule has 0 bridgehead atoms. The molecule has 0 aliphatic carbocycles. The molecule has 0 saturated heterocycles. The summed E-state index contributed by atoms with van der Waals surface area (Å²) in [5, 5.41) is 3.55. The van der Waals surface area contributed by atoms with E-state index < -0.39 is 5.66 Å². The number of aliphatic imine (C=N–C) groups is 1. The molecule has 1 aliphatic heterocycles. The lowest BCUT2D eigenvalue weighted by Crippen LogP contribution is -2.42. The number of thiocarbonyl (C=S) groups is 1. The molecule has 76 valence electrons. The van der Waals surface area contributed by atoms with Gasteiger partial charge in [0.1, 0.15) is 4.32 Å². The third-order valence-corrected chi connectivity index (χ3v) is 2.38. The van der Waals surface area contributed by atoms with E-state index in [2.05, 4.69) is 22.9 Å². The first-order chi connectivity index (χ1) is 6.60. The molecule has 1 N–H and O–H groups in total. The third-order valence-electron chi connectivity index (χ3n) is 1.76. The summed E-state index contributed by atoms with van der Waals surface area (Å²) in [4.78, 5) is 4.24. The highest BCUT2D eigenvalue weighted by Crippen LogP contribution is 2.28. The van der Waals surface area contributed by atoms with Crippen LogP contribution in [0.1, 0.15) is 13.3 Å². The van der Waals surface area contributed by atoms with Crippen LogP contribution in [0.15, 0.2) is 28.3 Å². The maximum Gasteiger partial charge on any atom is 0.186 e. The van der Waals surface area contributed by atoms with Crippen LogP contribution >= 0.6 is 36.4 Å². The smallest absolute Gasteiger partial charge is 0.186 e. The number of nitrogens with one attached hydrogen (secondary N) is 1. The van der Waals surface area contributed by atoms with Crippen molar-refractivity contribution in [1.29, 1.82) is 0 Å². The molecule has 0 fully saturated rings. The van der Waals surface area contributed by atoms with Crippen LogP contribution in [-0.4, -0.2) is 16.2 Å². The van der Waals surface area contributed by atoms with E-state index in [0.29, 0.717) is 9.35 Å². The number of thiol groups is 1. The average Bonchev–Trinajstić information content (AvgIpc) is 2.44. The summed E-state index contributed by atoms with van der Waals surface area (Å²) in [7, 11) is 0. The van der Waals surface area contributed by atoms with Crippen LogP contribution in [0, 0.1) is 0 Å². The topological polar surface area (TPSA) is 24.4 Å². The van der Waals surface area contributed by atoms with Crippen LogP contribution in [0.5, 0.6) is 0 Å². The number of nitrogens with zero attached hydrogens (tertiary/aromatic N) is 1. The minimum atomic E-state index is -0.726. The van der Waals surface area contributed by atoms with Gasteiger partial charge in [-0.3, -0.25) is 4.99 Å². The van der Waals surface area contributed by atoms with Gasteiger partial charge in [-0.1, -0.05) is 36.8 Å². The van der Waals surface area contributed by atoms with Gasteiger partial charge in [-0.2, -0.15) is 0 Å². The summed E-state index contributed by atoms with van der Waals surface area (Å²) in [5.74, 6) is 0. The molecule has 1 atom stereocenters. The second kappa shape index (κ2) is 4.96. The van der Waals surface area contributed by atoms with Gasteiger partial charge in [0.15, 0.2) is 5.66 Å². The molecule has 0 amide bonds. The highest BCUT2D eigenvalue weighted by atomic mass is 35.5. The lowest BCUT2D eigenvalue weighted by Gasteiger charge is -2.24. The van der Waals surface area contributed by atoms with E-state index >= 15 is 0 Å². The van der Waals surface area contributed by atoms with Crippen molar-refractivity contribution >= 4 is 47.0 Å².